The number of hydrogen-bond acceptors (Lipinski definition) is 5. The van der Waals surface area contributed by atoms with Crippen LogP contribution in [0.5, 0.6) is 5.75 Å². The molecule has 2 aromatic rings. The lowest BCUT2D eigenvalue weighted by atomic mass is 10.1. The molecule has 1 aromatic carbocycles. The number of fused-ring (bicyclic) bond motifs is 1. The zero-order chi connectivity index (χ0) is 16.9. The third-order valence-corrected chi connectivity index (χ3v) is 4.16. The SMILES string of the molecule is COc1cccc2c(=O)c(C(=O)NCCN3CCOCC3)c[nH]c12. The van der Waals surface area contributed by atoms with Gasteiger partial charge in [0, 0.05) is 32.4 Å². The molecule has 0 atom stereocenters. The fourth-order valence-corrected chi connectivity index (χ4v) is 2.81. The lowest BCUT2D eigenvalue weighted by Crippen LogP contribution is -2.41. The van der Waals surface area contributed by atoms with Crippen molar-refractivity contribution in [2.75, 3.05) is 46.5 Å². The maximum absolute atomic E-state index is 12.5. The zero-order valence-electron chi connectivity index (χ0n) is 13.6. The van der Waals surface area contributed by atoms with Gasteiger partial charge in [-0.3, -0.25) is 14.5 Å². The monoisotopic (exact) mass is 331 g/mol. The van der Waals surface area contributed by atoms with Gasteiger partial charge in [0.05, 0.1) is 31.2 Å². The van der Waals surface area contributed by atoms with Crippen LogP contribution in [0, 0.1) is 0 Å². The van der Waals surface area contributed by atoms with Crippen molar-refractivity contribution in [2.45, 2.75) is 0 Å². The van der Waals surface area contributed by atoms with Gasteiger partial charge in [0.1, 0.15) is 11.3 Å². The number of aromatic nitrogens is 1. The minimum atomic E-state index is -0.366. The number of morpholine rings is 1. The molecule has 2 N–H and O–H groups in total. The van der Waals surface area contributed by atoms with Gasteiger partial charge < -0.3 is 19.8 Å². The van der Waals surface area contributed by atoms with Crippen molar-refractivity contribution >= 4 is 16.8 Å². The third kappa shape index (κ3) is 3.42. The molecule has 1 amide bonds. The molecule has 0 radical (unpaired) electrons. The first kappa shape index (κ1) is 16.5. The predicted molar refractivity (Wildman–Crippen MR) is 90.7 cm³/mol. The van der Waals surface area contributed by atoms with Gasteiger partial charge >= 0.3 is 0 Å². The lowest BCUT2D eigenvalue weighted by molar-refractivity contribution is 0.0383. The Labute approximate surface area is 139 Å². The van der Waals surface area contributed by atoms with Crippen molar-refractivity contribution in [3.63, 3.8) is 0 Å². The fourth-order valence-electron chi connectivity index (χ4n) is 2.81. The number of benzene rings is 1. The van der Waals surface area contributed by atoms with Crippen molar-refractivity contribution in [1.82, 2.24) is 15.2 Å². The number of carbonyl (C=O) groups excluding carboxylic acids is 1. The summed E-state index contributed by atoms with van der Waals surface area (Å²) in [4.78, 5) is 30.0. The van der Waals surface area contributed by atoms with E-state index in [1.807, 2.05) is 0 Å². The highest BCUT2D eigenvalue weighted by atomic mass is 16.5. The number of ether oxygens (including phenoxy) is 2. The van der Waals surface area contributed by atoms with Crippen LogP contribution in [0.25, 0.3) is 10.9 Å². The summed E-state index contributed by atoms with van der Waals surface area (Å²) in [5.74, 6) is 0.207. The number of para-hydroxylation sites is 1. The Morgan fingerprint density at radius 3 is 2.92 bits per heavy atom. The number of carbonyl (C=O) groups is 1. The molecule has 0 bridgehead atoms. The van der Waals surface area contributed by atoms with E-state index >= 15 is 0 Å². The number of methoxy groups -OCH3 is 1. The van der Waals surface area contributed by atoms with E-state index in [-0.39, 0.29) is 16.9 Å². The highest BCUT2D eigenvalue weighted by Crippen LogP contribution is 2.20. The number of nitrogens with zero attached hydrogens (tertiary/aromatic N) is 1. The Hall–Kier alpha value is -2.38. The second kappa shape index (κ2) is 7.46. The Kier molecular flexibility index (Phi) is 5.12. The summed E-state index contributed by atoms with van der Waals surface area (Å²) in [6, 6.07) is 5.18. The van der Waals surface area contributed by atoms with E-state index in [1.54, 1.807) is 25.3 Å². The molecule has 128 valence electrons. The molecule has 0 saturated carbocycles. The van der Waals surface area contributed by atoms with Crippen LogP contribution >= 0.6 is 0 Å². The highest BCUT2D eigenvalue weighted by molar-refractivity contribution is 5.97. The summed E-state index contributed by atoms with van der Waals surface area (Å²) in [6.45, 7) is 4.42. The van der Waals surface area contributed by atoms with E-state index in [4.69, 9.17) is 9.47 Å². The molecule has 1 aliphatic rings. The third-order valence-electron chi connectivity index (χ3n) is 4.16. The van der Waals surface area contributed by atoms with Crippen molar-refractivity contribution in [3.8, 4) is 5.75 Å². The smallest absolute Gasteiger partial charge is 0.256 e. The van der Waals surface area contributed by atoms with Gasteiger partial charge in [0.15, 0.2) is 0 Å². The fraction of sp³-hybridized carbons (Fsp3) is 0.412. The minimum absolute atomic E-state index is 0.109. The Morgan fingerprint density at radius 2 is 2.17 bits per heavy atom. The van der Waals surface area contributed by atoms with Crippen LogP contribution < -0.4 is 15.5 Å². The summed E-state index contributed by atoms with van der Waals surface area (Å²) in [7, 11) is 1.54. The topological polar surface area (TPSA) is 83.7 Å². The molecule has 7 heteroatoms. The molecule has 1 aromatic heterocycles. The maximum Gasteiger partial charge on any atom is 0.256 e. The van der Waals surface area contributed by atoms with Crippen LogP contribution in [-0.4, -0.2) is 62.3 Å². The molecule has 1 fully saturated rings. The Bertz CT molecular complexity index is 781. The van der Waals surface area contributed by atoms with Crippen molar-refractivity contribution in [2.24, 2.45) is 0 Å². The number of H-pyrrole nitrogens is 1. The van der Waals surface area contributed by atoms with E-state index in [2.05, 4.69) is 15.2 Å². The number of rotatable bonds is 5. The molecular weight excluding hydrogens is 310 g/mol. The number of pyridine rings is 1. The first-order valence-corrected chi connectivity index (χ1v) is 7.97. The second-order valence-electron chi connectivity index (χ2n) is 5.62. The Balaban J connectivity index is 1.70. The first-order chi connectivity index (χ1) is 11.7. The predicted octanol–water partition coefficient (Wildman–Crippen LogP) is 0.599. The second-order valence-corrected chi connectivity index (χ2v) is 5.62. The molecular formula is C17H21N3O4. The standard InChI is InChI=1S/C17H21N3O4/c1-23-14-4-2-3-12-15(14)19-11-13(16(12)21)17(22)18-5-6-20-7-9-24-10-8-20/h2-4,11H,5-10H2,1H3,(H,18,22)(H,19,21). The van der Waals surface area contributed by atoms with Crippen LogP contribution in [-0.2, 0) is 4.74 Å². The number of aromatic amines is 1. The largest absolute Gasteiger partial charge is 0.495 e. The highest BCUT2D eigenvalue weighted by Gasteiger charge is 2.15. The van der Waals surface area contributed by atoms with Crippen LogP contribution in [0.15, 0.2) is 29.2 Å². The average molecular weight is 331 g/mol. The van der Waals surface area contributed by atoms with Crippen LogP contribution in [0.2, 0.25) is 0 Å². The normalized spacial score (nSPS) is 15.4. The number of nitrogens with one attached hydrogen (secondary N) is 2. The van der Waals surface area contributed by atoms with Gasteiger partial charge in [-0.1, -0.05) is 6.07 Å². The van der Waals surface area contributed by atoms with Crippen molar-refractivity contribution in [3.05, 3.63) is 40.2 Å². The molecule has 7 nitrogen and oxygen atoms in total. The number of hydrogen-bond donors (Lipinski definition) is 2. The quantitative estimate of drug-likeness (QED) is 0.838. The molecule has 2 heterocycles. The van der Waals surface area contributed by atoms with Gasteiger partial charge in [-0.05, 0) is 12.1 Å². The molecule has 0 unspecified atom stereocenters. The molecule has 1 saturated heterocycles. The first-order valence-electron chi connectivity index (χ1n) is 7.97. The van der Waals surface area contributed by atoms with E-state index in [0.29, 0.717) is 23.2 Å². The van der Waals surface area contributed by atoms with Gasteiger partial charge in [-0.2, -0.15) is 0 Å². The van der Waals surface area contributed by atoms with Crippen molar-refractivity contribution in [1.29, 1.82) is 0 Å². The zero-order valence-corrected chi connectivity index (χ0v) is 13.6. The minimum Gasteiger partial charge on any atom is -0.495 e. The van der Waals surface area contributed by atoms with Gasteiger partial charge in [0.25, 0.3) is 5.91 Å². The molecule has 0 aliphatic carbocycles. The van der Waals surface area contributed by atoms with E-state index < -0.39 is 0 Å². The maximum atomic E-state index is 12.5. The number of amides is 1. The molecule has 3 rings (SSSR count). The summed E-state index contributed by atoms with van der Waals surface area (Å²) < 4.78 is 10.5. The summed E-state index contributed by atoms with van der Waals surface area (Å²) in [5, 5.41) is 3.25. The summed E-state index contributed by atoms with van der Waals surface area (Å²) >= 11 is 0. The summed E-state index contributed by atoms with van der Waals surface area (Å²) in [5.41, 5.74) is 0.402. The lowest BCUT2D eigenvalue weighted by Gasteiger charge is -2.26. The molecule has 1 aliphatic heterocycles. The van der Waals surface area contributed by atoms with Crippen LogP contribution in [0.1, 0.15) is 10.4 Å². The van der Waals surface area contributed by atoms with Crippen molar-refractivity contribution < 1.29 is 14.3 Å². The van der Waals surface area contributed by atoms with Gasteiger partial charge in [-0.25, -0.2) is 0 Å². The van der Waals surface area contributed by atoms with Crippen LogP contribution in [0.3, 0.4) is 0 Å². The van der Waals surface area contributed by atoms with Gasteiger partial charge in [-0.15, -0.1) is 0 Å². The summed E-state index contributed by atoms with van der Waals surface area (Å²) in [6.07, 6.45) is 1.44. The van der Waals surface area contributed by atoms with Crippen LogP contribution in [0.4, 0.5) is 0 Å². The molecule has 24 heavy (non-hydrogen) atoms. The molecule has 0 spiro atoms. The Morgan fingerprint density at radius 1 is 1.38 bits per heavy atom. The van der Waals surface area contributed by atoms with Gasteiger partial charge in [0.2, 0.25) is 5.43 Å². The van der Waals surface area contributed by atoms with E-state index in [1.165, 1.54) is 6.20 Å². The van der Waals surface area contributed by atoms with E-state index in [9.17, 15) is 9.59 Å². The average Bonchev–Trinajstić information content (AvgIpc) is 2.62. The van der Waals surface area contributed by atoms with E-state index in [0.717, 1.165) is 32.8 Å².